The molecule has 7 heteroatoms. The molecule has 2 aromatic heterocycles. The molecule has 0 amide bonds. The number of fused-ring (bicyclic) bond motifs is 1. The van der Waals surface area contributed by atoms with Crippen molar-refractivity contribution in [2.75, 3.05) is 0 Å². The molecule has 0 saturated heterocycles. The van der Waals surface area contributed by atoms with E-state index < -0.39 is 0 Å². The number of hydrogen-bond donors (Lipinski definition) is 0. The second-order valence-corrected chi connectivity index (χ2v) is 7.15. The average molecular weight is 446 g/mol. The van der Waals surface area contributed by atoms with Crippen LogP contribution in [0.15, 0.2) is 52.6 Å². The van der Waals surface area contributed by atoms with Gasteiger partial charge in [-0.1, -0.05) is 16.6 Å². The van der Waals surface area contributed by atoms with Crippen molar-refractivity contribution in [3.05, 3.63) is 67.6 Å². The second-order valence-electron chi connectivity index (χ2n) is 5.30. The minimum absolute atomic E-state index is 0.0564. The van der Waals surface area contributed by atoms with Crippen LogP contribution in [0.4, 0.5) is 0 Å². The molecule has 0 spiro atoms. The van der Waals surface area contributed by atoms with Crippen LogP contribution in [-0.2, 0) is 0 Å². The highest BCUT2D eigenvalue weighted by molar-refractivity contribution is 14.1. The van der Waals surface area contributed by atoms with Gasteiger partial charge >= 0.3 is 0 Å². The molecule has 4 rings (SSSR count). The van der Waals surface area contributed by atoms with Crippen LogP contribution in [0, 0.1) is 10.5 Å². The highest BCUT2D eigenvalue weighted by Crippen LogP contribution is 2.20. The first-order chi connectivity index (χ1) is 11.6. The molecule has 0 aliphatic carbocycles. The maximum Gasteiger partial charge on any atom is 0.265 e. The van der Waals surface area contributed by atoms with Gasteiger partial charge in [0, 0.05) is 14.5 Å². The predicted octanol–water partition coefficient (Wildman–Crippen LogP) is 3.82. The third kappa shape index (κ3) is 2.63. The van der Waals surface area contributed by atoms with Crippen molar-refractivity contribution in [2.24, 2.45) is 0 Å². The zero-order chi connectivity index (χ0) is 16.7. The summed E-state index contributed by atoms with van der Waals surface area (Å²) in [5.41, 5.74) is 3.26. The Hall–Kier alpha value is -2.13. The van der Waals surface area contributed by atoms with E-state index in [1.54, 1.807) is 4.57 Å². The van der Waals surface area contributed by atoms with Crippen LogP contribution in [0.5, 0.6) is 0 Å². The van der Waals surface area contributed by atoms with E-state index in [1.165, 1.54) is 11.5 Å². The highest BCUT2D eigenvalue weighted by atomic mass is 127. The molecule has 0 atom stereocenters. The maximum atomic E-state index is 12.9. The molecule has 118 valence electrons. The lowest BCUT2D eigenvalue weighted by Crippen LogP contribution is -2.22. The smallest absolute Gasteiger partial charge is 0.265 e. The van der Waals surface area contributed by atoms with Crippen molar-refractivity contribution in [2.45, 2.75) is 6.92 Å². The lowest BCUT2D eigenvalue weighted by Gasteiger charge is -2.11. The van der Waals surface area contributed by atoms with Crippen LogP contribution in [0.1, 0.15) is 5.82 Å². The van der Waals surface area contributed by atoms with Crippen molar-refractivity contribution >= 4 is 45.0 Å². The first-order valence-electron chi connectivity index (χ1n) is 7.20. The van der Waals surface area contributed by atoms with E-state index in [-0.39, 0.29) is 5.56 Å². The zero-order valence-corrected chi connectivity index (χ0v) is 15.6. The quantitative estimate of drug-likeness (QED) is 0.440. The summed E-state index contributed by atoms with van der Waals surface area (Å²) in [6.07, 6.45) is 0. The Kier molecular flexibility index (Phi) is 3.89. The molecule has 0 bridgehead atoms. The van der Waals surface area contributed by atoms with Crippen molar-refractivity contribution in [1.29, 1.82) is 0 Å². The summed E-state index contributed by atoms with van der Waals surface area (Å²) in [6.45, 7) is 1.84. The predicted molar refractivity (Wildman–Crippen MR) is 104 cm³/mol. The average Bonchev–Trinajstić information content (AvgIpc) is 3.11. The molecule has 0 unspecified atom stereocenters. The van der Waals surface area contributed by atoms with Gasteiger partial charge in [-0.25, -0.2) is 4.98 Å². The third-order valence-electron chi connectivity index (χ3n) is 3.78. The maximum absolute atomic E-state index is 12.9. The van der Waals surface area contributed by atoms with Gasteiger partial charge in [-0.3, -0.25) is 9.36 Å². The third-order valence-corrected chi connectivity index (χ3v) is 4.95. The van der Waals surface area contributed by atoms with E-state index in [1.807, 2.05) is 54.8 Å². The summed E-state index contributed by atoms with van der Waals surface area (Å²) < 4.78 is 6.53. The van der Waals surface area contributed by atoms with E-state index in [0.29, 0.717) is 11.2 Å². The first kappa shape index (κ1) is 15.4. The number of nitrogens with zero attached hydrogens (tertiary/aromatic N) is 4. The van der Waals surface area contributed by atoms with Crippen molar-refractivity contribution in [3.8, 4) is 16.9 Å². The zero-order valence-electron chi connectivity index (χ0n) is 12.6. The Labute approximate surface area is 155 Å². The number of benzene rings is 2. The molecule has 0 N–H and O–H groups in total. The topological polar surface area (TPSA) is 60.7 Å². The standard InChI is InChI=1S/C17H11IN4OS/c1-10-19-15-7-4-12(18)8-14(15)17(23)22(10)13-5-2-11(3-6-13)16-9-24-21-20-16/h2-9H,1H3. The molecular weight excluding hydrogens is 435 g/mol. The van der Waals surface area contributed by atoms with Gasteiger partial charge in [-0.2, -0.15) is 0 Å². The van der Waals surface area contributed by atoms with Gasteiger partial charge in [-0.15, -0.1) is 5.10 Å². The molecule has 0 saturated carbocycles. The second kappa shape index (κ2) is 6.06. The van der Waals surface area contributed by atoms with Crippen molar-refractivity contribution in [3.63, 3.8) is 0 Å². The molecule has 5 nitrogen and oxygen atoms in total. The molecule has 2 aromatic carbocycles. The van der Waals surface area contributed by atoms with Gasteiger partial charge in [0.25, 0.3) is 5.56 Å². The summed E-state index contributed by atoms with van der Waals surface area (Å²) in [4.78, 5) is 17.5. The summed E-state index contributed by atoms with van der Waals surface area (Å²) in [5.74, 6) is 0.664. The number of aryl methyl sites for hydroxylation is 1. The fraction of sp³-hybridized carbons (Fsp3) is 0.0588. The number of aromatic nitrogens is 4. The largest absolute Gasteiger partial charge is 0.268 e. The van der Waals surface area contributed by atoms with Crippen LogP contribution < -0.4 is 5.56 Å². The van der Waals surface area contributed by atoms with E-state index in [4.69, 9.17) is 0 Å². The first-order valence-corrected chi connectivity index (χ1v) is 9.12. The van der Waals surface area contributed by atoms with Crippen LogP contribution in [-0.4, -0.2) is 19.1 Å². The molecule has 24 heavy (non-hydrogen) atoms. The van der Waals surface area contributed by atoms with Crippen molar-refractivity contribution in [1.82, 2.24) is 19.1 Å². The molecule has 0 aliphatic heterocycles. The molecule has 0 fully saturated rings. The summed E-state index contributed by atoms with van der Waals surface area (Å²) >= 11 is 3.52. The lowest BCUT2D eigenvalue weighted by atomic mass is 10.1. The molecule has 2 heterocycles. The Morgan fingerprint density at radius 3 is 2.62 bits per heavy atom. The van der Waals surface area contributed by atoms with E-state index in [9.17, 15) is 4.79 Å². The van der Waals surface area contributed by atoms with Gasteiger partial charge in [0.05, 0.1) is 16.6 Å². The molecule has 0 radical (unpaired) electrons. The van der Waals surface area contributed by atoms with E-state index in [2.05, 4.69) is 37.2 Å². The van der Waals surface area contributed by atoms with Gasteiger partial charge < -0.3 is 0 Å². The van der Waals surface area contributed by atoms with Gasteiger partial charge in [0.2, 0.25) is 0 Å². The fourth-order valence-electron chi connectivity index (χ4n) is 2.64. The minimum Gasteiger partial charge on any atom is -0.268 e. The van der Waals surface area contributed by atoms with Crippen LogP contribution in [0.3, 0.4) is 0 Å². The van der Waals surface area contributed by atoms with Gasteiger partial charge in [0.15, 0.2) is 0 Å². The Balaban J connectivity index is 1.88. The number of hydrogen-bond acceptors (Lipinski definition) is 5. The number of halogens is 1. The molecule has 4 aromatic rings. The minimum atomic E-state index is -0.0564. The summed E-state index contributed by atoms with van der Waals surface area (Å²) in [7, 11) is 0. The SMILES string of the molecule is Cc1nc2ccc(I)cc2c(=O)n1-c1ccc(-c2csnn2)cc1. The lowest BCUT2D eigenvalue weighted by molar-refractivity contribution is 0.895. The van der Waals surface area contributed by atoms with Crippen LogP contribution in [0.2, 0.25) is 0 Å². The Morgan fingerprint density at radius 2 is 1.92 bits per heavy atom. The Bertz CT molecular complexity index is 1090. The van der Waals surface area contributed by atoms with Crippen LogP contribution in [0.25, 0.3) is 27.8 Å². The summed E-state index contributed by atoms with van der Waals surface area (Å²) in [6, 6.07) is 13.4. The van der Waals surface area contributed by atoms with E-state index in [0.717, 1.165) is 26.0 Å². The van der Waals surface area contributed by atoms with Crippen molar-refractivity contribution < 1.29 is 0 Å². The highest BCUT2D eigenvalue weighted by Gasteiger charge is 2.11. The molecule has 0 aliphatic rings. The monoisotopic (exact) mass is 446 g/mol. The normalized spacial score (nSPS) is 11.1. The van der Waals surface area contributed by atoms with Gasteiger partial charge in [-0.05, 0) is 71.4 Å². The molecular formula is C17H11IN4OS. The van der Waals surface area contributed by atoms with Gasteiger partial charge in [0.1, 0.15) is 11.5 Å². The fourth-order valence-corrected chi connectivity index (χ4v) is 3.60. The van der Waals surface area contributed by atoms with E-state index >= 15 is 0 Å². The number of rotatable bonds is 2. The van der Waals surface area contributed by atoms with Crippen LogP contribution >= 0.6 is 34.1 Å². The summed E-state index contributed by atoms with van der Waals surface area (Å²) in [5, 5.41) is 6.58. The Morgan fingerprint density at radius 1 is 1.12 bits per heavy atom.